The van der Waals surface area contributed by atoms with E-state index in [0.29, 0.717) is 11.7 Å². The van der Waals surface area contributed by atoms with Gasteiger partial charge in [0.05, 0.1) is 5.60 Å². The van der Waals surface area contributed by atoms with Crippen molar-refractivity contribution in [3.63, 3.8) is 0 Å². The van der Waals surface area contributed by atoms with E-state index >= 15 is 0 Å². The van der Waals surface area contributed by atoms with Gasteiger partial charge in [0.2, 0.25) is 0 Å². The van der Waals surface area contributed by atoms with Gasteiger partial charge in [0.1, 0.15) is 5.78 Å². The van der Waals surface area contributed by atoms with Crippen LogP contribution in [0.4, 0.5) is 0 Å². The highest BCUT2D eigenvalue weighted by Gasteiger charge is 2.61. The van der Waals surface area contributed by atoms with E-state index in [9.17, 15) is 9.90 Å². The largest absolute Gasteiger partial charge is 0.390 e. The number of carbonyl (C=O) groups excluding carboxylic acids is 1. The molecule has 22 heavy (non-hydrogen) atoms. The SMILES string of the molecule is CC(C)C1CCC(C)(O)CC1.CC12CCC(CC1=O)C2(C)C. The van der Waals surface area contributed by atoms with Crippen molar-refractivity contribution < 1.29 is 9.90 Å². The van der Waals surface area contributed by atoms with E-state index in [2.05, 4.69) is 34.6 Å². The third-order valence-electron chi connectivity index (χ3n) is 7.53. The zero-order valence-electron chi connectivity index (χ0n) is 15.5. The predicted molar refractivity (Wildman–Crippen MR) is 91.7 cm³/mol. The number of Topliss-reactive ketones (excluding diaryl/α,β-unsaturated/α-hetero) is 1. The fourth-order valence-electron chi connectivity index (χ4n) is 4.83. The number of rotatable bonds is 1. The lowest BCUT2D eigenvalue weighted by atomic mass is 9.70. The van der Waals surface area contributed by atoms with Crippen molar-refractivity contribution in [1.82, 2.24) is 0 Å². The topological polar surface area (TPSA) is 37.3 Å². The van der Waals surface area contributed by atoms with Crippen molar-refractivity contribution >= 4 is 5.78 Å². The highest BCUT2D eigenvalue weighted by atomic mass is 16.3. The van der Waals surface area contributed by atoms with Gasteiger partial charge in [-0.1, -0.05) is 34.6 Å². The molecule has 3 fully saturated rings. The second kappa shape index (κ2) is 5.92. The van der Waals surface area contributed by atoms with Crippen LogP contribution in [-0.4, -0.2) is 16.5 Å². The maximum Gasteiger partial charge on any atom is 0.139 e. The molecule has 0 heterocycles. The minimum Gasteiger partial charge on any atom is -0.390 e. The van der Waals surface area contributed by atoms with Gasteiger partial charge in [-0.3, -0.25) is 4.79 Å². The van der Waals surface area contributed by atoms with Crippen LogP contribution in [0.2, 0.25) is 0 Å². The minimum absolute atomic E-state index is 0.0255. The molecule has 0 aliphatic heterocycles. The van der Waals surface area contributed by atoms with Crippen LogP contribution in [0.1, 0.15) is 86.5 Å². The second-order valence-corrected chi connectivity index (χ2v) is 9.50. The highest BCUT2D eigenvalue weighted by molar-refractivity contribution is 5.89. The minimum atomic E-state index is -0.356. The number of ketones is 1. The molecule has 3 saturated carbocycles. The van der Waals surface area contributed by atoms with Crippen LogP contribution in [0, 0.1) is 28.6 Å². The molecular formula is C20H36O2. The van der Waals surface area contributed by atoms with Gasteiger partial charge in [-0.15, -0.1) is 0 Å². The first kappa shape index (κ1) is 18.0. The zero-order chi connectivity index (χ0) is 16.8. The molecule has 1 N–H and O–H groups in total. The van der Waals surface area contributed by atoms with E-state index in [4.69, 9.17) is 0 Å². The highest BCUT2D eigenvalue weighted by Crippen LogP contribution is 2.63. The lowest BCUT2D eigenvalue weighted by Crippen LogP contribution is -2.32. The van der Waals surface area contributed by atoms with Crippen molar-refractivity contribution in [3.05, 3.63) is 0 Å². The van der Waals surface area contributed by atoms with Gasteiger partial charge in [0.25, 0.3) is 0 Å². The summed E-state index contributed by atoms with van der Waals surface area (Å²) in [5, 5.41) is 9.67. The molecule has 3 rings (SSSR count). The van der Waals surface area contributed by atoms with E-state index in [-0.39, 0.29) is 16.4 Å². The lowest BCUT2D eigenvalue weighted by molar-refractivity contribution is -0.128. The van der Waals surface area contributed by atoms with Crippen LogP contribution in [0.5, 0.6) is 0 Å². The van der Waals surface area contributed by atoms with Crippen molar-refractivity contribution in [2.75, 3.05) is 0 Å². The van der Waals surface area contributed by atoms with E-state index in [1.165, 1.54) is 19.3 Å². The summed E-state index contributed by atoms with van der Waals surface area (Å²) < 4.78 is 0. The van der Waals surface area contributed by atoms with Gasteiger partial charge in [-0.25, -0.2) is 0 Å². The molecule has 128 valence electrons. The summed E-state index contributed by atoms with van der Waals surface area (Å²) >= 11 is 0. The van der Waals surface area contributed by atoms with Crippen LogP contribution in [0.3, 0.4) is 0 Å². The molecule has 0 aromatic heterocycles. The Morgan fingerprint density at radius 2 is 1.55 bits per heavy atom. The van der Waals surface area contributed by atoms with Crippen LogP contribution in [0.25, 0.3) is 0 Å². The smallest absolute Gasteiger partial charge is 0.139 e. The third kappa shape index (κ3) is 3.13. The number of fused-ring (bicyclic) bond motifs is 2. The molecule has 3 aliphatic carbocycles. The molecular weight excluding hydrogens is 272 g/mol. The van der Waals surface area contributed by atoms with Crippen LogP contribution in [-0.2, 0) is 4.79 Å². The number of carbonyl (C=O) groups is 1. The van der Waals surface area contributed by atoms with Gasteiger partial charge >= 0.3 is 0 Å². The molecule has 0 amide bonds. The number of hydrogen-bond donors (Lipinski definition) is 1. The van der Waals surface area contributed by atoms with Crippen LogP contribution >= 0.6 is 0 Å². The van der Waals surface area contributed by atoms with E-state index in [0.717, 1.165) is 37.5 Å². The van der Waals surface area contributed by atoms with Gasteiger partial charge in [-0.2, -0.15) is 0 Å². The third-order valence-corrected chi connectivity index (χ3v) is 7.53. The van der Waals surface area contributed by atoms with E-state index < -0.39 is 0 Å². The Labute approximate surface area is 137 Å². The molecule has 2 unspecified atom stereocenters. The molecule has 2 heteroatoms. The fourth-order valence-corrected chi connectivity index (χ4v) is 4.83. The predicted octanol–water partition coefficient (Wildman–Crippen LogP) is 4.99. The summed E-state index contributed by atoms with van der Waals surface area (Å²) in [5.41, 5.74) is -0.0485. The molecule has 3 aliphatic rings. The summed E-state index contributed by atoms with van der Waals surface area (Å²) in [6.07, 6.45) is 7.67. The van der Waals surface area contributed by atoms with Gasteiger partial charge in [0.15, 0.2) is 0 Å². The van der Waals surface area contributed by atoms with Crippen molar-refractivity contribution in [1.29, 1.82) is 0 Å². The summed E-state index contributed by atoms with van der Waals surface area (Å²) in [7, 11) is 0. The molecule has 0 spiro atoms. The summed E-state index contributed by atoms with van der Waals surface area (Å²) in [6, 6.07) is 0. The van der Waals surface area contributed by atoms with Crippen molar-refractivity contribution in [3.8, 4) is 0 Å². The van der Waals surface area contributed by atoms with E-state index in [1.54, 1.807) is 0 Å². The lowest BCUT2D eigenvalue weighted by Gasteiger charge is -2.34. The van der Waals surface area contributed by atoms with Crippen molar-refractivity contribution in [2.24, 2.45) is 28.6 Å². The van der Waals surface area contributed by atoms with Crippen LogP contribution in [0.15, 0.2) is 0 Å². The Balaban J connectivity index is 0.000000160. The quantitative estimate of drug-likeness (QED) is 0.741. The molecule has 0 aromatic rings. The maximum absolute atomic E-state index is 11.6. The van der Waals surface area contributed by atoms with Gasteiger partial charge in [0, 0.05) is 11.8 Å². The maximum atomic E-state index is 11.6. The average Bonchev–Trinajstić information content (AvgIpc) is 2.72. The monoisotopic (exact) mass is 308 g/mol. The molecule has 0 saturated heterocycles. The number of hydrogen-bond acceptors (Lipinski definition) is 2. The summed E-state index contributed by atoms with van der Waals surface area (Å²) in [4.78, 5) is 11.6. The molecule has 0 radical (unpaired) electrons. The zero-order valence-corrected chi connectivity index (χ0v) is 15.5. The Kier molecular flexibility index (Phi) is 4.84. The first-order valence-corrected chi connectivity index (χ1v) is 9.25. The summed E-state index contributed by atoms with van der Waals surface area (Å²) in [5.74, 6) is 2.85. The number of aliphatic hydroxyl groups is 1. The normalized spacial score (nSPS) is 43.2. The van der Waals surface area contributed by atoms with Crippen molar-refractivity contribution in [2.45, 2.75) is 92.1 Å². The molecule has 2 bridgehead atoms. The molecule has 2 nitrogen and oxygen atoms in total. The molecule has 2 atom stereocenters. The Morgan fingerprint density at radius 1 is 1.00 bits per heavy atom. The standard InChI is InChI=1S/C10H16O.C10H20O/c1-9(2)7-4-5-10(9,3)8(11)6-7;1-8(2)9-4-6-10(3,11)7-5-9/h7H,4-6H2,1-3H3;8-9,11H,4-7H2,1-3H3. The first-order chi connectivity index (χ1) is 9.99. The van der Waals surface area contributed by atoms with Crippen LogP contribution < -0.4 is 0 Å². The second-order valence-electron chi connectivity index (χ2n) is 9.50. The first-order valence-electron chi connectivity index (χ1n) is 9.25. The average molecular weight is 309 g/mol. The Hall–Kier alpha value is -0.370. The fraction of sp³-hybridized carbons (Fsp3) is 0.950. The molecule has 0 aromatic carbocycles. The van der Waals surface area contributed by atoms with E-state index in [1.807, 2.05) is 6.92 Å². The summed E-state index contributed by atoms with van der Waals surface area (Å²) in [6.45, 7) is 13.2. The van der Waals surface area contributed by atoms with Gasteiger partial charge < -0.3 is 5.11 Å². The Morgan fingerprint density at radius 3 is 1.82 bits per heavy atom. The van der Waals surface area contributed by atoms with Gasteiger partial charge in [-0.05, 0) is 68.6 Å². The Bertz CT molecular complexity index is 411.